The Balaban J connectivity index is 1.89. The minimum Gasteiger partial charge on any atom is -0.399 e. The minimum absolute atomic E-state index is 0.290. The molecule has 3 nitrogen and oxygen atoms in total. The second kappa shape index (κ2) is 5.03. The Morgan fingerprint density at radius 1 is 1.38 bits per heavy atom. The Labute approximate surface area is 97.5 Å². The molecule has 1 aromatic carbocycles. The molecule has 2 aromatic rings. The number of nitrogens with zero attached hydrogens (tertiary/aromatic N) is 2. The smallest absolute Gasteiger partial charge is 0.126 e. The largest absolute Gasteiger partial charge is 0.399 e. The molecular formula is C11H12FN3S. The van der Waals surface area contributed by atoms with Crippen molar-refractivity contribution in [3.63, 3.8) is 0 Å². The maximum absolute atomic E-state index is 13.0. The molecule has 0 bridgehead atoms. The number of nitrogens with two attached hydrogens (primary N) is 1. The summed E-state index contributed by atoms with van der Waals surface area (Å²) >= 11 is 1.57. The zero-order valence-corrected chi connectivity index (χ0v) is 9.45. The molecule has 1 aromatic heterocycles. The van der Waals surface area contributed by atoms with Crippen molar-refractivity contribution >= 4 is 17.4 Å². The summed E-state index contributed by atoms with van der Waals surface area (Å²) in [4.78, 5) is 0.852. The van der Waals surface area contributed by atoms with Crippen LogP contribution in [-0.2, 0) is 6.54 Å². The molecule has 2 rings (SSSR count). The van der Waals surface area contributed by atoms with E-state index in [-0.39, 0.29) is 5.82 Å². The van der Waals surface area contributed by atoms with Crippen molar-refractivity contribution in [2.24, 2.45) is 0 Å². The van der Waals surface area contributed by atoms with Gasteiger partial charge in [0.05, 0.1) is 6.54 Å². The van der Waals surface area contributed by atoms with Gasteiger partial charge in [-0.15, -0.1) is 11.8 Å². The van der Waals surface area contributed by atoms with Gasteiger partial charge in [-0.25, -0.2) is 4.39 Å². The molecule has 0 radical (unpaired) electrons. The van der Waals surface area contributed by atoms with Crippen molar-refractivity contribution in [1.29, 1.82) is 0 Å². The van der Waals surface area contributed by atoms with Gasteiger partial charge >= 0.3 is 0 Å². The van der Waals surface area contributed by atoms with Crippen LogP contribution in [0.1, 0.15) is 0 Å². The van der Waals surface area contributed by atoms with Crippen LogP contribution in [0.3, 0.4) is 0 Å². The Morgan fingerprint density at radius 2 is 2.25 bits per heavy atom. The van der Waals surface area contributed by atoms with E-state index in [1.165, 1.54) is 12.1 Å². The van der Waals surface area contributed by atoms with Gasteiger partial charge in [0.2, 0.25) is 0 Å². The normalized spacial score (nSPS) is 10.6. The van der Waals surface area contributed by atoms with Crippen molar-refractivity contribution < 1.29 is 4.39 Å². The Kier molecular flexibility index (Phi) is 3.46. The molecule has 16 heavy (non-hydrogen) atoms. The lowest BCUT2D eigenvalue weighted by molar-refractivity contribution is 0.625. The van der Waals surface area contributed by atoms with Crippen molar-refractivity contribution in [2.45, 2.75) is 11.4 Å². The summed E-state index contributed by atoms with van der Waals surface area (Å²) in [7, 11) is 0. The van der Waals surface area contributed by atoms with Crippen LogP contribution in [0.5, 0.6) is 0 Å². The number of nitrogen functional groups attached to an aromatic ring is 1. The highest BCUT2D eigenvalue weighted by Gasteiger charge is 1.99. The van der Waals surface area contributed by atoms with E-state index in [1.807, 2.05) is 16.9 Å². The quantitative estimate of drug-likeness (QED) is 0.656. The molecule has 0 spiro atoms. The number of hydrogen-bond acceptors (Lipinski definition) is 3. The lowest BCUT2D eigenvalue weighted by Gasteiger charge is -2.03. The Hall–Kier alpha value is -1.49. The van der Waals surface area contributed by atoms with Gasteiger partial charge in [0.25, 0.3) is 0 Å². The molecule has 0 saturated carbocycles. The van der Waals surface area contributed by atoms with E-state index >= 15 is 0 Å². The number of aryl methyl sites for hydroxylation is 1. The molecular weight excluding hydrogens is 225 g/mol. The second-order valence-electron chi connectivity index (χ2n) is 3.34. The van der Waals surface area contributed by atoms with Crippen molar-refractivity contribution in [1.82, 2.24) is 9.78 Å². The van der Waals surface area contributed by atoms with E-state index in [2.05, 4.69) is 5.10 Å². The van der Waals surface area contributed by atoms with E-state index < -0.39 is 0 Å². The van der Waals surface area contributed by atoms with Gasteiger partial charge in [-0.1, -0.05) is 0 Å². The monoisotopic (exact) mass is 237 g/mol. The predicted molar refractivity (Wildman–Crippen MR) is 63.8 cm³/mol. The topological polar surface area (TPSA) is 43.8 Å². The first-order valence-corrected chi connectivity index (χ1v) is 5.89. The third kappa shape index (κ3) is 3.00. The van der Waals surface area contributed by atoms with Crippen molar-refractivity contribution in [3.8, 4) is 0 Å². The van der Waals surface area contributed by atoms with Gasteiger partial charge in [-0.3, -0.25) is 4.68 Å². The van der Waals surface area contributed by atoms with Crippen molar-refractivity contribution in [3.05, 3.63) is 42.5 Å². The molecule has 2 N–H and O–H groups in total. The molecule has 84 valence electrons. The molecule has 0 fully saturated rings. The second-order valence-corrected chi connectivity index (χ2v) is 4.51. The third-order valence-corrected chi connectivity index (χ3v) is 3.00. The SMILES string of the molecule is Nc1cc(F)cc(SCCn2cccn2)c1. The Morgan fingerprint density at radius 3 is 2.94 bits per heavy atom. The molecule has 0 aliphatic heterocycles. The zero-order chi connectivity index (χ0) is 11.4. The fourth-order valence-corrected chi connectivity index (χ4v) is 2.29. The van der Waals surface area contributed by atoms with Gasteiger partial charge in [0, 0.05) is 28.7 Å². The number of anilines is 1. The van der Waals surface area contributed by atoms with Gasteiger partial charge in [-0.05, 0) is 24.3 Å². The summed E-state index contributed by atoms with van der Waals surface area (Å²) < 4.78 is 14.9. The molecule has 5 heteroatoms. The van der Waals surface area contributed by atoms with Crippen LogP contribution in [0.25, 0.3) is 0 Å². The van der Waals surface area contributed by atoms with E-state index in [9.17, 15) is 4.39 Å². The van der Waals surface area contributed by atoms with Crippen LogP contribution in [0, 0.1) is 5.82 Å². The highest BCUT2D eigenvalue weighted by Crippen LogP contribution is 2.22. The molecule has 0 saturated heterocycles. The number of thioether (sulfide) groups is 1. The van der Waals surface area contributed by atoms with Crippen LogP contribution in [-0.4, -0.2) is 15.5 Å². The zero-order valence-electron chi connectivity index (χ0n) is 8.64. The summed E-state index contributed by atoms with van der Waals surface area (Å²) in [5, 5.41) is 4.09. The predicted octanol–water partition coefficient (Wildman–Crippen LogP) is 2.40. The van der Waals surface area contributed by atoms with Gasteiger partial charge in [-0.2, -0.15) is 5.10 Å². The third-order valence-electron chi connectivity index (χ3n) is 2.04. The molecule has 1 heterocycles. The lowest BCUT2D eigenvalue weighted by atomic mass is 10.3. The van der Waals surface area contributed by atoms with Crippen LogP contribution in [0.4, 0.5) is 10.1 Å². The first kappa shape index (κ1) is 11.0. The van der Waals surface area contributed by atoms with Gasteiger partial charge in [0.15, 0.2) is 0 Å². The van der Waals surface area contributed by atoms with E-state index in [1.54, 1.807) is 24.0 Å². The molecule has 0 atom stereocenters. The fourth-order valence-electron chi connectivity index (χ4n) is 1.36. The number of halogens is 1. The van der Waals surface area contributed by atoms with E-state index in [0.717, 1.165) is 17.2 Å². The minimum atomic E-state index is -0.290. The van der Waals surface area contributed by atoms with Crippen LogP contribution < -0.4 is 5.73 Å². The molecule has 0 aliphatic carbocycles. The first-order chi connectivity index (χ1) is 7.74. The van der Waals surface area contributed by atoms with Gasteiger partial charge in [0.1, 0.15) is 5.82 Å². The average molecular weight is 237 g/mol. The van der Waals surface area contributed by atoms with Crippen LogP contribution >= 0.6 is 11.8 Å². The summed E-state index contributed by atoms with van der Waals surface area (Å²) in [6.07, 6.45) is 3.64. The standard InChI is InChI=1S/C11H12FN3S/c12-9-6-10(13)8-11(7-9)16-5-4-15-3-1-2-14-15/h1-3,6-8H,4-5,13H2. The van der Waals surface area contributed by atoms with Crippen molar-refractivity contribution in [2.75, 3.05) is 11.5 Å². The highest BCUT2D eigenvalue weighted by atomic mass is 32.2. The highest BCUT2D eigenvalue weighted by molar-refractivity contribution is 7.99. The Bertz CT molecular complexity index is 436. The van der Waals surface area contributed by atoms with Crippen LogP contribution in [0.15, 0.2) is 41.6 Å². The number of hydrogen-bond donors (Lipinski definition) is 1. The van der Waals surface area contributed by atoms with E-state index in [0.29, 0.717) is 5.69 Å². The fraction of sp³-hybridized carbons (Fsp3) is 0.182. The summed E-state index contributed by atoms with van der Waals surface area (Å²) in [5.41, 5.74) is 6.01. The average Bonchev–Trinajstić information content (AvgIpc) is 2.69. The number of rotatable bonds is 4. The van der Waals surface area contributed by atoms with E-state index in [4.69, 9.17) is 5.73 Å². The summed E-state index contributed by atoms with van der Waals surface area (Å²) in [5.74, 6) is 0.548. The number of aromatic nitrogens is 2. The first-order valence-electron chi connectivity index (χ1n) is 4.90. The lowest BCUT2D eigenvalue weighted by Crippen LogP contribution is -2.00. The summed E-state index contributed by atoms with van der Waals surface area (Å²) in [6, 6.07) is 6.46. The maximum atomic E-state index is 13.0. The van der Waals surface area contributed by atoms with Gasteiger partial charge < -0.3 is 5.73 Å². The molecule has 0 amide bonds. The number of benzene rings is 1. The summed E-state index contributed by atoms with van der Waals surface area (Å²) in [6.45, 7) is 0.800. The molecule has 0 aliphatic rings. The van der Waals surface area contributed by atoms with Crippen LogP contribution in [0.2, 0.25) is 0 Å². The maximum Gasteiger partial charge on any atom is 0.126 e. The molecule has 0 unspecified atom stereocenters.